The molecule has 0 atom stereocenters. The molecule has 0 aliphatic carbocycles. The predicted molar refractivity (Wildman–Crippen MR) is 105 cm³/mol. The Morgan fingerprint density at radius 1 is 1.18 bits per heavy atom. The number of anilines is 1. The molecule has 2 aromatic carbocycles. The molecule has 146 valence electrons. The molecule has 1 saturated heterocycles. The fourth-order valence-corrected chi connectivity index (χ4v) is 5.58. The molecule has 0 radical (unpaired) electrons. The number of carbonyl (C=O) groups excluding carboxylic acids is 1. The van der Waals surface area contributed by atoms with Crippen LogP contribution in [0.2, 0.25) is 5.02 Å². The standard InChI is InChI=1S/C20H18ClFN2O3S/c21-14-5-3-13(4-6-14)9-10-23-20(25)19-17-2-1-11-24(17)16-8-7-15(22)12-18(16)28(19,26)27/h3-8,12H,1-2,9-11H2,(H,23,25). The quantitative estimate of drug-likeness (QED) is 0.822. The lowest BCUT2D eigenvalue weighted by Crippen LogP contribution is -2.36. The lowest BCUT2D eigenvalue weighted by atomic mass is 10.1. The van der Waals surface area contributed by atoms with Crippen LogP contribution in [0.15, 0.2) is 58.0 Å². The smallest absolute Gasteiger partial charge is 0.265 e. The largest absolute Gasteiger partial charge is 0.351 e. The van der Waals surface area contributed by atoms with E-state index in [4.69, 9.17) is 11.6 Å². The van der Waals surface area contributed by atoms with Gasteiger partial charge < -0.3 is 10.2 Å². The van der Waals surface area contributed by atoms with Crippen molar-refractivity contribution >= 4 is 33.0 Å². The van der Waals surface area contributed by atoms with Crippen LogP contribution in [0.3, 0.4) is 0 Å². The first-order chi connectivity index (χ1) is 13.4. The second-order valence-electron chi connectivity index (χ2n) is 6.78. The summed E-state index contributed by atoms with van der Waals surface area (Å²) in [7, 11) is -4.09. The van der Waals surface area contributed by atoms with Crippen LogP contribution in [0.5, 0.6) is 0 Å². The Bertz CT molecular complexity index is 1080. The van der Waals surface area contributed by atoms with E-state index in [1.165, 1.54) is 12.1 Å². The van der Waals surface area contributed by atoms with Crippen molar-refractivity contribution in [2.24, 2.45) is 0 Å². The van der Waals surface area contributed by atoms with E-state index >= 15 is 0 Å². The average Bonchev–Trinajstić information content (AvgIpc) is 3.12. The number of nitrogens with one attached hydrogen (secondary N) is 1. The summed E-state index contributed by atoms with van der Waals surface area (Å²) in [6.07, 6.45) is 1.78. The average molecular weight is 421 g/mol. The number of fused-ring (bicyclic) bond motifs is 3. The third-order valence-corrected chi connectivity index (χ3v) is 7.09. The highest BCUT2D eigenvalue weighted by atomic mass is 35.5. The Kier molecular flexibility index (Phi) is 4.89. The molecule has 2 heterocycles. The summed E-state index contributed by atoms with van der Waals surface area (Å²) in [5.41, 5.74) is 1.90. The van der Waals surface area contributed by atoms with Crippen molar-refractivity contribution in [2.45, 2.75) is 24.2 Å². The van der Waals surface area contributed by atoms with Crippen molar-refractivity contribution in [3.8, 4) is 0 Å². The van der Waals surface area contributed by atoms with E-state index in [1.807, 2.05) is 17.0 Å². The Balaban J connectivity index is 1.60. The Morgan fingerprint density at radius 3 is 2.68 bits per heavy atom. The van der Waals surface area contributed by atoms with Crippen LogP contribution in [0.25, 0.3) is 0 Å². The molecule has 2 aliphatic rings. The molecule has 0 bridgehead atoms. The van der Waals surface area contributed by atoms with Gasteiger partial charge >= 0.3 is 0 Å². The zero-order chi connectivity index (χ0) is 19.9. The normalized spacial score (nSPS) is 17.3. The van der Waals surface area contributed by atoms with Crippen LogP contribution >= 0.6 is 11.6 Å². The van der Waals surface area contributed by atoms with Crippen molar-refractivity contribution in [2.75, 3.05) is 18.0 Å². The lowest BCUT2D eigenvalue weighted by molar-refractivity contribution is -0.116. The van der Waals surface area contributed by atoms with E-state index < -0.39 is 21.6 Å². The van der Waals surface area contributed by atoms with E-state index in [1.54, 1.807) is 12.1 Å². The molecule has 0 unspecified atom stereocenters. The van der Waals surface area contributed by atoms with Gasteiger partial charge in [-0.15, -0.1) is 0 Å². The third-order valence-electron chi connectivity index (χ3n) is 4.97. The van der Waals surface area contributed by atoms with E-state index in [9.17, 15) is 17.6 Å². The highest BCUT2D eigenvalue weighted by molar-refractivity contribution is 7.96. The number of hydrogen-bond donors (Lipinski definition) is 1. The molecule has 1 fully saturated rings. The molecule has 8 heteroatoms. The first kappa shape index (κ1) is 19.0. The summed E-state index contributed by atoms with van der Waals surface area (Å²) in [4.78, 5) is 14.2. The molecule has 1 amide bonds. The van der Waals surface area contributed by atoms with Crippen molar-refractivity contribution in [3.63, 3.8) is 0 Å². The number of allylic oxidation sites excluding steroid dienone is 1. The van der Waals surface area contributed by atoms with E-state index in [0.717, 1.165) is 18.1 Å². The molecule has 2 aromatic rings. The fourth-order valence-electron chi connectivity index (χ4n) is 3.67. The monoisotopic (exact) mass is 420 g/mol. The number of sulfone groups is 1. The molecule has 0 saturated carbocycles. The minimum atomic E-state index is -4.09. The molecule has 5 nitrogen and oxygen atoms in total. The zero-order valence-corrected chi connectivity index (χ0v) is 16.5. The van der Waals surface area contributed by atoms with Gasteiger partial charge in [-0.3, -0.25) is 4.79 Å². The van der Waals surface area contributed by atoms with Gasteiger partial charge in [-0.1, -0.05) is 23.7 Å². The fraction of sp³-hybridized carbons (Fsp3) is 0.250. The SMILES string of the molecule is O=C(NCCc1ccc(Cl)cc1)C1=C2CCCN2c2ccc(F)cc2S1(=O)=O. The highest BCUT2D eigenvalue weighted by Crippen LogP contribution is 2.43. The number of hydrogen-bond acceptors (Lipinski definition) is 4. The highest BCUT2D eigenvalue weighted by Gasteiger charge is 2.41. The topological polar surface area (TPSA) is 66.5 Å². The van der Waals surface area contributed by atoms with Gasteiger partial charge in [-0.05, 0) is 55.2 Å². The summed E-state index contributed by atoms with van der Waals surface area (Å²) in [5.74, 6) is -1.29. The molecule has 4 rings (SSSR count). The van der Waals surface area contributed by atoms with Crippen LogP contribution in [-0.4, -0.2) is 27.4 Å². The van der Waals surface area contributed by atoms with E-state index in [2.05, 4.69) is 5.32 Å². The molecule has 1 N–H and O–H groups in total. The van der Waals surface area contributed by atoms with Gasteiger partial charge in [0.05, 0.1) is 10.6 Å². The predicted octanol–water partition coefficient (Wildman–Crippen LogP) is 3.44. The minimum absolute atomic E-state index is 0.152. The minimum Gasteiger partial charge on any atom is -0.351 e. The van der Waals surface area contributed by atoms with Gasteiger partial charge in [0.25, 0.3) is 5.91 Å². The first-order valence-electron chi connectivity index (χ1n) is 8.96. The maximum absolute atomic E-state index is 13.7. The summed E-state index contributed by atoms with van der Waals surface area (Å²) in [5, 5.41) is 3.33. The van der Waals surface area contributed by atoms with Crippen molar-refractivity contribution in [1.29, 1.82) is 0 Å². The molecular weight excluding hydrogens is 403 g/mol. The van der Waals surface area contributed by atoms with Gasteiger partial charge in [-0.25, -0.2) is 12.8 Å². The van der Waals surface area contributed by atoms with Crippen molar-refractivity contribution in [1.82, 2.24) is 5.32 Å². The van der Waals surface area contributed by atoms with Crippen LogP contribution in [0.1, 0.15) is 18.4 Å². The molecule has 0 spiro atoms. The zero-order valence-electron chi connectivity index (χ0n) is 14.9. The summed E-state index contributed by atoms with van der Waals surface area (Å²) >= 11 is 5.86. The maximum Gasteiger partial charge on any atom is 0.265 e. The van der Waals surface area contributed by atoms with Crippen LogP contribution < -0.4 is 10.2 Å². The molecule has 28 heavy (non-hydrogen) atoms. The number of amides is 1. The van der Waals surface area contributed by atoms with Crippen LogP contribution in [-0.2, 0) is 21.1 Å². The number of halogens is 2. The van der Waals surface area contributed by atoms with E-state index in [-0.39, 0.29) is 16.3 Å². The van der Waals surface area contributed by atoms with Crippen LogP contribution in [0.4, 0.5) is 10.1 Å². The number of nitrogens with zero attached hydrogens (tertiary/aromatic N) is 1. The van der Waals surface area contributed by atoms with E-state index in [0.29, 0.717) is 35.8 Å². The third kappa shape index (κ3) is 3.29. The number of rotatable bonds is 4. The maximum atomic E-state index is 13.7. The Labute approximate surface area is 167 Å². The van der Waals surface area contributed by atoms with Gasteiger partial charge in [-0.2, -0.15) is 0 Å². The van der Waals surface area contributed by atoms with Gasteiger partial charge in [0.2, 0.25) is 9.84 Å². The van der Waals surface area contributed by atoms with Gasteiger partial charge in [0.15, 0.2) is 4.91 Å². The Hall–Kier alpha value is -2.38. The number of carbonyl (C=O) groups is 1. The molecular formula is C20H18ClFN2O3S. The summed E-state index contributed by atoms with van der Waals surface area (Å²) in [6.45, 7) is 0.883. The molecule has 2 aliphatic heterocycles. The lowest BCUT2D eigenvalue weighted by Gasteiger charge is -2.30. The summed E-state index contributed by atoms with van der Waals surface area (Å²) in [6, 6.07) is 10.9. The first-order valence-corrected chi connectivity index (χ1v) is 10.8. The second kappa shape index (κ2) is 7.22. The van der Waals surface area contributed by atoms with Gasteiger partial charge in [0, 0.05) is 23.8 Å². The van der Waals surface area contributed by atoms with Gasteiger partial charge in [0.1, 0.15) is 5.82 Å². The Morgan fingerprint density at radius 2 is 1.93 bits per heavy atom. The van der Waals surface area contributed by atoms with Crippen molar-refractivity contribution in [3.05, 3.63) is 69.5 Å². The second-order valence-corrected chi connectivity index (χ2v) is 9.07. The number of benzene rings is 2. The molecule has 0 aromatic heterocycles. The van der Waals surface area contributed by atoms with Crippen molar-refractivity contribution < 1.29 is 17.6 Å². The summed E-state index contributed by atoms with van der Waals surface area (Å²) < 4.78 is 39.9. The van der Waals surface area contributed by atoms with Crippen LogP contribution in [0, 0.1) is 5.82 Å².